The van der Waals surface area contributed by atoms with Crippen LogP contribution in [0.15, 0.2) is 23.8 Å². The zero-order valence-corrected chi connectivity index (χ0v) is 21.9. The molecule has 2 aliphatic carbocycles. The summed E-state index contributed by atoms with van der Waals surface area (Å²) < 4.78 is 12.0. The van der Waals surface area contributed by atoms with Gasteiger partial charge in [-0.15, -0.1) is 0 Å². The van der Waals surface area contributed by atoms with E-state index < -0.39 is 6.10 Å². The number of carbonyl (C=O) groups excluding carboxylic acids is 2. The van der Waals surface area contributed by atoms with Crippen molar-refractivity contribution in [2.24, 2.45) is 29.1 Å². The molecule has 0 spiro atoms. The molecule has 1 unspecified atom stereocenters. The molecule has 1 fully saturated rings. The number of aliphatic hydroxyl groups is 1. The Morgan fingerprint density at radius 2 is 1.97 bits per heavy atom. The fourth-order valence-corrected chi connectivity index (χ4v) is 6.50. The fourth-order valence-electron chi connectivity index (χ4n) is 6.50. The molecule has 1 N–H and O–H groups in total. The lowest BCUT2D eigenvalue weighted by Crippen LogP contribution is -2.50. The van der Waals surface area contributed by atoms with Crippen LogP contribution < -0.4 is 0 Å². The molecule has 5 nitrogen and oxygen atoms in total. The van der Waals surface area contributed by atoms with Crippen molar-refractivity contribution < 1.29 is 24.2 Å². The van der Waals surface area contributed by atoms with E-state index in [1.165, 1.54) is 5.57 Å². The second-order valence-corrected chi connectivity index (χ2v) is 11.3. The molecular formula is C29H46O5. The number of unbranched alkanes of at least 4 members (excludes halogenated alkanes) is 1. The number of hydrogen-bond acceptors (Lipinski definition) is 5. The van der Waals surface area contributed by atoms with Crippen LogP contribution in [0, 0.1) is 29.1 Å². The largest absolute Gasteiger partial charge is 0.462 e. The maximum atomic E-state index is 13.4. The Morgan fingerprint density at radius 3 is 2.65 bits per heavy atom. The molecule has 192 valence electrons. The second-order valence-electron chi connectivity index (χ2n) is 11.3. The van der Waals surface area contributed by atoms with Gasteiger partial charge in [-0.2, -0.15) is 0 Å². The lowest BCUT2D eigenvalue weighted by molar-refractivity contribution is -0.167. The van der Waals surface area contributed by atoms with Crippen LogP contribution >= 0.6 is 0 Å². The maximum absolute atomic E-state index is 13.4. The molecule has 1 heterocycles. The van der Waals surface area contributed by atoms with Crippen LogP contribution in [0.25, 0.3) is 0 Å². The highest BCUT2D eigenvalue weighted by molar-refractivity contribution is 5.73. The molecule has 1 aliphatic heterocycles. The van der Waals surface area contributed by atoms with Crippen LogP contribution in [0.3, 0.4) is 0 Å². The minimum atomic E-state index is -0.608. The van der Waals surface area contributed by atoms with Gasteiger partial charge in [0.05, 0.1) is 18.4 Å². The average molecular weight is 475 g/mol. The van der Waals surface area contributed by atoms with Gasteiger partial charge in [0.25, 0.3) is 0 Å². The third-order valence-electron chi connectivity index (χ3n) is 8.50. The Kier molecular flexibility index (Phi) is 9.42. The minimum Gasteiger partial charge on any atom is -0.462 e. The van der Waals surface area contributed by atoms with Gasteiger partial charge in [0.15, 0.2) is 0 Å². The number of aliphatic hydroxyl groups excluding tert-OH is 1. The van der Waals surface area contributed by atoms with Gasteiger partial charge in [-0.25, -0.2) is 0 Å². The van der Waals surface area contributed by atoms with Gasteiger partial charge in [0, 0.05) is 11.8 Å². The topological polar surface area (TPSA) is 72.8 Å². The van der Waals surface area contributed by atoms with Crippen LogP contribution in [-0.4, -0.2) is 35.4 Å². The smallest absolute Gasteiger partial charge is 0.309 e. The van der Waals surface area contributed by atoms with E-state index >= 15 is 0 Å². The molecule has 1 saturated heterocycles. The number of rotatable bonds is 10. The van der Waals surface area contributed by atoms with Gasteiger partial charge in [-0.3, -0.25) is 9.59 Å². The molecule has 0 aromatic heterocycles. The highest BCUT2D eigenvalue weighted by Crippen LogP contribution is 2.54. The number of carbonyl (C=O) groups is 2. The van der Waals surface area contributed by atoms with Gasteiger partial charge >= 0.3 is 11.9 Å². The molecule has 0 bridgehead atoms. The maximum Gasteiger partial charge on any atom is 0.309 e. The van der Waals surface area contributed by atoms with E-state index in [9.17, 15) is 14.7 Å². The number of hydrogen-bond donors (Lipinski definition) is 1. The van der Waals surface area contributed by atoms with Crippen LogP contribution in [0.5, 0.6) is 0 Å². The number of fused-ring (bicyclic) bond motifs is 1. The summed E-state index contributed by atoms with van der Waals surface area (Å²) in [6.07, 6.45) is 13.8. The highest BCUT2D eigenvalue weighted by Gasteiger charge is 2.51. The average Bonchev–Trinajstić information content (AvgIpc) is 2.76. The first-order chi connectivity index (χ1) is 16.2. The van der Waals surface area contributed by atoms with Crippen molar-refractivity contribution in [3.8, 4) is 0 Å². The summed E-state index contributed by atoms with van der Waals surface area (Å²) in [7, 11) is 0. The number of allylic oxidation sites excluding steroid dienone is 3. The predicted octanol–water partition coefficient (Wildman–Crippen LogP) is 6.15. The molecule has 3 rings (SSSR count). The Hall–Kier alpha value is -1.62. The lowest BCUT2D eigenvalue weighted by atomic mass is 9.55. The quantitative estimate of drug-likeness (QED) is 0.385. The van der Waals surface area contributed by atoms with E-state index in [1.54, 1.807) is 0 Å². The molecule has 0 aromatic carbocycles. The van der Waals surface area contributed by atoms with E-state index in [4.69, 9.17) is 9.47 Å². The van der Waals surface area contributed by atoms with Crippen LogP contribution in [0.1, 0.15) is 98.8 Å². The summed E-state index contributed by atoms with van der Waals surface area (Å²) in [5, 5.41) is 10.0. The minimum absolute atomic E-state index is 0.0173. The Morgan fingerprint density at radius 1 is 1.21 bits per heavy atom. The van der Waals surface area contributed by atoms with Gasteiger partial charge < -0.3 is 14.6 Å². The highest BCUT2D eigenvalue weighted by atomic mass is 16.6. The van der Waals surface area contributed by atoms with Gasteiger partial charge in [-0.1, -0.05) is 72.1 Å². The zero-order valence-electron chi connectivity index (χ0n) is 21.9. The van der Waals surface area contributed by atoms with E-state index in [2.05, 4.69) is 52.8 Å². The molecule has 3 aliphatic rings. The van der Waals surface area contributed by atoms with E-state index in [-0.39, 0.29) is 47.8 Å². The first-order valence-electron chi connectivity index (χ1n) is 13.7. The van der Waals surface area contributed by atoms with Crippen molar-refractivity contribution in [1.82, 2.24) is 0 Å². The molecule has 0 saturated carbocycles. The van der Waals surface area contributed by atoms with Gasteiger partial charge in [-0.05, 0) is 55.4 Å². The summed E-state index contributed by atoms with van der Waals surface area (Å²) in [5.74, 6) is 0.602. The predicted molar refractivity (Wildman–Crippen MR) is 134 cm³/mol. The fraction of sp³-hybridized carbons (Fsp3) is 0.793. The lowest BCUT2D eigenvalue weighted by Gasteiger charge is -2.51. The van der Waals surface area contributed by atoms with Gasteiger partial charge in [0.1, 0.15) is 12.2 Å². The van der Waals surface area contributed by atoms with Gasteiger partial charge in [0.2, 0.25) is 0 Å². The monoisotopic (exact) mass is 474 g/mol. The van der Waals surface area contributed by atoms with Crippen molar-refractivity contribution in [3.63, 3.8) is 0 Å². The Bertz CT molecular complexity index is 770. The first kappa shape index (κ1) is 27.0. The standard InChI is InChI=1S/C29H46O5/c1-6-8-10-21(9-7-2)28(32)34-26-16-19(3)15-22-12-11-20(4)25(29(22,26)5)14-13-24-17-23(30)18-27(31)33-24/h11-12,15,19-21,23-26,30H,6-10,13-14,16-18H2,1-5H3/t19-,20-,21?,23+,24+,25-,26-,29-/m0/s1. The summed E-state index contributed by atoms with van der Waals surface area (Å²) in [6, 6.07) is 0. The molecule has 0 amide bonds. The SMILES string of the molecule is CCCCC(CCC)C(=O)O[C@H]1C[C@@H](C)C=C2C=C[C@H](C)[C@H](CC[C@@H]3C[C@@H](O)CC(=O)O3)[C@]21C. The number of esters is 2. The third kappa shape index (κ3) is 6.13. The van der Waals surface area contributed by atoms with Crippen molar-refractivity contribution in [3.05, 3.63) is 23.8 Å². The van der Waals surface area contributed by atoms with Crippen molar-refractivity contribution >= 4 is 11.9 Å². The number of cyclic esters (lactones) is 1. The first-order valence-corrected chi connectivity index (χ1v) is 13.7. The molecule has 34 heavy (non-hydrogen) atoms. The molecule has 5 heteroatoms. The van der Waals surface area contributed by atoms with Crippen molar-refractivity contribution in [2.75, 3.05) is 0 Å². The van der Waals surface area contributed by atoms with Crippen LogP contribution in [-0.2, 0) is 19.1 Å². The summed E-state index contributed by atoms with van der Waals surface area (Å²) in [6.45, 7) is 11.0. The van der Waals surface area contributed by atoms with E-state index in [1.807, 2.05) is 0 Å². The summed E-state index contributed by atoms with van der Waals surface area (Å²) >= 11 is 0. The van der Waals surface area contributed by atoms with Crippen LogP contribution in [0.2, 0.25) is 0 Å². The Labute approximate surface area is 206 Å². The van der Waals surface area contributed by atoms with Crippen molar-refractivity contribution in [1.29, 1.82) is 0 Å². The number of ether oxygens (including phenoxy) is 2. The zero-order chi connectivity index (χ0) is 24.9. The van der Waals surface area contributed by atoms with E-state index in [0.29, 0.717) is 18.3 Å². The molecule has 0 radical (unpaired) electrons. The Balaban J connectivity index is 1.80. The molecule has 8 atom stereocenters. The van der Waals surface area contributed by atoms with E-state index in [0.717, 1.165) is 51.4 Å². The van der Waals surface area contributed by atoms with Crippen molar-refractivity contribution in [2.45, 2.75) is 117 Å². The molecular weight excluding hydrogens is 428 g/mol. The third-order valence-corrected chi connectivity index (χ3v) is 8.50. The molecule has 0 aromatic rings. The summed E-state index contributed by atoms with van der Waals surface area (Å²) in [5.41, 5.74) is 1.00. The summed E-state index contributed by atoms with van der Waals surface area (Å²) in [4.78, 5) is 25.2. The second kappa shape index (κ2) is 11.9. The van der Waals surface area contributed by atoms with Crippen LogP contribution in [0.4, 0.5) is 0 Å². The normalized spacial score (nSPS) is 36.3.